The maximum Gasteiger partial charge on any atom is 0.280 e. The molecule has 10 nitrogen and oxygen atoms in total. The zero-order chi connectivity index (χ0) is 27.4. The molecule has 4 atom stereocenters. The molecule has 3 heterocycles. The fraction of sp³-hybridized carbons (Fsp3) is 0.750. The molecule has 0 aliphatic carbocycles. The lowest BCUT2D eigenvalue weighted by molar-refractivity contribution is -0.151. The van der Waals surface area contributed by atoms with Crippen molar-refractivity contribution in [3.8, 4) is 0 Å². The largest absolute Gasteiger partial charge is 0.394 e. The molecule has 1 fully saturated rings. The van der Waals surface area contributed by atoms with Crippen LogP contribution in [-0.2, 0) is 10.5 Å². The van der Waals surface area contributed by atoms with E-state index in [1.807, 2.05) is 0 Å². The van der Waals surface area contributed by atoms with Crippen molar-refractivity contribution < 1.29 is 20.1 Å². The van der Waals surface area contributed by atoms with Gasteiger partial charge in [0, 0.05) is 0 Å². The molecule has 0 spiro atoms. The second-order valence-electron chi connectivity index (χ2n) is 10.5. The smallest absolute Gasteiger partial charge is 0.280 e. The number of nitrogen functional groups attached to an aromatic ring is 1. The van der Waals surface area contributed by atoms with Gasteiger partial charge in [-0.1, -0.05) is 76.9 Å². The van der Waals surface area contributed by atoms with E-state index in [2.05, 4.69) is 34.0 Å². The van der Waals surface area contributed by atoms with Crippen molar-refractivity contribution in [2.24, 2.45) is 0 Å². The van der Waals surface area contributed by atoms with E-state index in [9.17, 15) is 20.1 Å². The zero-order valence-corrected chi connectivity index (χ0v) is 22.9. The summed E-state index contributed by atoms with van der Waals surface area (Å²) < 4.78 is 7.53. The molecule has 214 valence electrons. The number of anilines is 1. The first-order valence-electron chi connectivity index (χ1n) is 14.5. The Morgan fingerprint density at radius 1 is 1.03 bits per heavy atom. The highest BCUT2D eigenvalue weighted by Crippen LogP contribution is 2.41. The van der Waals surface area contributed by atoms with Crippen LogP contribution in [0.4, 0.5) is 5.95 Å². The number of aromatic nitrogens is 4. The Balaban J connectivity index is 1.44. The van der Waals surface area contributed by atoms with Crippen molar-refractivity contribution in [3.05, 3.63) is 28.8 Å². The number of allylic oxidation sites excluding steroid dienone is 2. The predicted molar refractivity (Wildman–Crippen MR) is 149 cm³/mol. The van der Waals surface area contributed by atoms with Gasteiger partial charge in [0.1, 0.15) is 18.3 Å². The lowest BCUT2D eigenvalue weighted by Gasteiger charge is -2.34. The van der Waals surface area contributed by atoms with E-state index in [1.165, 1.54) is 68.7 Å². The number of H-pyrrole nitrogens is 1. The molecule has 0 amide bonds. The lowest BCUT2D eigenvalue weighted by Crippen LogP contribution is -2.45. The van der Waals surface area contributed by atoms with Gasteiger partial charge in [-0.3, -0.25) is 14.3 Å². The van der Waals surface area contributed by atoms with Gasteiger partial charge in [-0.2, -0.15) is 4.98 Å². The molecule has 2 aromatic heterocycles. The monoisotopic (exact) mass is 533 g/mol. The maximum absolute atomic E-state index is 12.3. The van der Waals surface area contributed by atoms with Crippen molar-refractivity contribution in [1.82, 2.24) is 19.5 Å². The van der Waals surface area contributed by atoms with Crippen molar-refractivity contribution in [2.45, 2.75) is 127 Å². The maximum atomic E-state index is 12.3. The van der Waals surface area contributed by atoms with Gasteiger partial charge in [0.05, 0.1) is 12.9 Å². The van der Waals surface area contributed by atoms with Crippen LogP contribution < -0.4 is 11.3 Å². The van der Waals surface area contributed by atoms with Crippen LogP contribution in [0.3, 0.4) is 0 Å². The first-order chi connectivity index (χ1) is 18.4. The number of aliphatic hydroxyl groups excluding tert-OH is 3. The van der Waals surface area contributed by atoms with E-state index in [0.717, 1.165) is 32.1 Å². The van der Waals surface area contributed by atoms with Crippen LogP contribution in [0.25, 0.3) is 11.2 Å². The summed E-state index contributed by atoms with van der Waals surface area (Å²) in [6, 6.07) is 0. The van der Waals surface area contributed by atoms with Gasteiger partial charge in [0.25, 0.3) is 5.56 Å². The standard InChI is InChI=1S/C28H47N5O5/c1-2-3-4-5-6-7-8-9-10-11-12-13-14-15-16-17-18-28(24(36)23(35)21(19-34)38-28)33-20-30-22-25(33)31-27(29)32-26(22)37/h9-10,20-21,23-24,34-36H,2-8,11-19H2,1H3,(H3,29,31,32,37)/b10-9-/t21-,23-,24-,28-/m1/s1. The second-order valence-corrected chi connectivity index (χ2v) is 10.5. The van der Waals surface area contributed by atoms with E-state index in [4.69, 9.17) is 10.5 Å². The van der Waals surface area contributed by atoms with Gasteiger partial charge >= 0.3 is 0 Å². The summed E-state index contributed by atoms with van der Waals surface area (Å²) >= 11 is 0. The van der Waals surface area contributed by atoms with Gasteiger partial charge in [0.2, 0.25) is 5.95 Å². The summed E-state index contributed by atoms with van der Waals surface area (Å²) in [5.74, 6) is -0.0802. The number of rotatable bonds is 18. The molecule has 1 saturated heterocycles. The normalized spacial score (nSPS) is 23.7. The van der Waals surface area contributed by atoms with E-state index < -0.39 is 36.2 Å². The van der Waals surface area contributed by atoms with Crippen LogP contribution in [0.5, 0.6) is 0 Å². The van der Waals surface area contributed by atoms with E-state index in [1.54, 1.807) is 0 Å². The van der Waals surface area contributed by atoms with Crippen LogP contribution in [0.2, 0.25) is 0 Å². The number of aliphatic hydroxyl groups is 3. The molecule has 2 aromatic rings. The summed E-state index contributed by atoms with van der Waals surface area (Å²) in [5.41, 5.74) is 4.08. The van der Waals surface area contributed by atoms with Crippen molar-refractivity contribution in [3.63, 3.8) is 0 Å². The average Bonchev–Trinajstić information content (AvgIpc) is 3.43. The number of unbranched alkanes of at least 4 members (excludes halogenated alkanes) is 12. The number of aromatic amines is 1. The van der Waals surface area contributed by atoms with Gasteiger partial charge < -0.3 is 25.8 Å². The van der Waals surface area contributed by atoms with Gasteiger partial charge in [-0.25, -0.2) is 4.98 Å². The topological polar surface area (TPSA) is 160 Å². The van der Waals surface area contributed by atoms with Gasteiger partial charge in [0.15, 0.2) is 16.9 Å². The Labute approximate surface area is 225 Å². The molecule has 0 aromatic carbocycles. The summed E-state index contributed by atoms with van der Waals surface area (Å²) in [6.45, 7) is 1.80. The minimum Gasteiger partial charge on any atom is -0.394 e. The highest BCUT2D eigenvalue weighted by molar-refractivity contribution is 5.70. The quantitative estimate of drug-likeness (QED) is 0.142. The molecular weight excluding hydrogens is 486 g/mol. The number of nitrogens with one attached hydrogen (secondary N) is 1. The molecule has 0 unspecified atom stereocenters. The third-order valence-corrected chi connectivity index (χ3v) is 7.58. The summed E-state index contributed by atoms with van der Waals surface area (Å²) in [7, 11) is 0. The molecule has 1 aliphatic heterocycles. The van der Waals surface area contributed by atoms with Crippen LogP contribution in [0.1, 0.15) is 103 Å². The number of nitrogens with zero attached hydrogens (tertiary/aromatic N) is 3. The van der Waals surface area contributed by atoms with Gasteiger partial charge in [-0.05, 0) is 38.5 Å². The van der Waals surface area contributed by atoms with Crippen molar-refractivity contribution in [2.75, 3.05) is 12.3 Å². The molecule has 0 radical (unpaired) electrons. The van der Waals surface area contributed by atoms with Crippen LogP contribution in [-0.4, -0.2) is 59.8 Å². The first-order valence-corrected chi connectivity index (χ1v) is 14.5. The third-order valence-electron chi connectivity index (χ3n) is 7.58. The minimum atomic E-state index is -1.41. The SMILES string of the molecule is CCCCCCCC/C=C\CCCCCCCC[C@@]1(n2cnc3c(=O)[nH]c(N)nc32)O[C@H](CO)[C@@H](O)[C@H]1O. The first kappa shape index (κ1) is 30.3. The number of nitrogens with two attached hydrogens (primary N) is 1. The molecule has 10 heteroatoms. The fourth-order valence-electron chi connectivity index (χ4n) is 5.37. The number of fused-ring (bicyclic) bond motifs is 1. The summed E-state index contributed by atoms with van der Waals surface area (Å²) in [4.78, 5) is 23.0. The molecule has 6 N–H and O–H groups in total. The van der Waals surface area contributed by atoms with Crippen LogP contribution in [0, 0.1) is 0 Å². The van der Waals surface area contributed by atoms with Crippen molar-refractivity contribution in [1.29, 1.82) is 0 Å². The third kappa shape index (κ3) is 7.65. The zero-order valence-electron chi connectivity index (χ0n) is 22.9. The molecule has 0 bridgehead atoms. The molecule has 0 saturated carbocycles. The summed E-state index contributed by atoms with van der Waals surface area (Å²) in [6.07, 6.45) is 19.3. The number of ether oxygens (including phenoxy) is 1. The van der Waals surface area contributed by atoms with Gasteiger partial charge in [-0.15, -0.1) is 0 Å². The predicted octanol–water partition coefficient (Wildman–Crippen LogP) is 3.90. The lowest BCUT2D eigenvalue weighted by atomic mass is 9.95. The fourth-order valence-corrected chi connectivity index (χ4v) is 5.37. The van der Waals surface area contributed by atoms with Crippen LogP contribution in [0.15, 0.2) is 23.3 Å². The number of imidazole rings is 1. The second kappa shape index (κ2) is 15.4. The minimum absolute atomic E-state index is 0.0670. The van der Waals surface area contributed by atoms with E-state index in [-0.39, 0.29) is 17.1 Å². The molecular formula is C28H47N5O5. The Hall–Kier alpha value is -2.27. The Morgan fingerprint density at radius 3 is 2.24 bits per heavy atom. The Bertz CT molecular complexity index is 1050. The van der Waals surface area contributed by atoms with Crippen molar-refractivity contribution >= 4 is 17.1 Å². The highest BCUT2D eigenvalue weighted by Gasteiger charge is 2.55. The van der Waals surface area contributed by atoms with E-state index in [0.29, 0.717) is 6.42 Å². The number of hydrogen-bond donors (Lipinski definition) is 5. The van der Waals surface area contributed by atoms with Crippen LogP contribution >= 0.6 is 0 Å². The molecule has 38 heavy (non-hydrogen) atoms. The number of hydrogen-bond acceptors (Lipinski definition) is 8. The Kier molecular flexibility index (Phi) is 12.2. The van der Waals surface area contributed by atoms with E-state index >= 15 is 0 Å². The Morgan fingerprint density at radius 2 is 1.63 bits per heavy atom. The average molecular weight is 534 g/mol. The highest BCUT2D eigenvalue weighted by atomic mass is 16.6. The molecule has 1 aliphatic rings. The molecule has 3 rings (SSSR count). The summed E-state index contributed by atoms with van der Waals surface area (Å²) in [5, 5.41) is 31.2.